The topological polar surface area (TPSA) is 67.1 Å². The first kappa shape index (κ1) is 21.8. The van der Waals surface area contributed by atoms with Crippen molar-refractivity contribution in [1.82, 2.24) is 25.4 Å². The molecule has 0 unspecified atom stereocenters. The van der Waals surface area contributed by atoms with Crippen molar-refractivity contribution in [2.75, 3.05) is 19.3 Å². The van der Waals surface area contributed by atoms with Gasteiger partial charge in [-0.15, -0.1) is 34.2 Å². The average molecular weight is 474 g/mol. The molecule has 0 aliphatic carbocycles. The lowest BCUT2D eigenvalue weighted by molar-refractivity contribution is 0.663. The van der Waals surface area contributed by atoms with Crippen LogP contribution in [0.4, 0.5) is 0 Å². The molecular formula is C17H27IN6S. The molecule has 0 radical (unpaired) electrons. The van der Waals surface area contributed by atoms with Crippen LogP contribution in [-0.4, -0.2) is 44.8 Å². The molecule has 138 valence electrons. The van der Waals surface area contributed by atoms with Gasteiger partial charge in [-0.05, 0) is 39.2 Å². The van der Waals surface area contributed by atoms with E-state index < -0.39 is 0 Å². The zero-order chi connectivity index (χ0) is 17.4. The van der Waals surface area contributed by atoms with E-state index >= 15 is 0 Å². The molecule has 0 saturated carbocycles. The number of guanidine groups is 1. The Labute approximate surface area is 171 Å². The van der Waals surface area contributed by atoms with Crippen molar-refractivity contribution in [2.24, 2.45) is 4.99 Å². The van der Waals surface area contributed by atoms with Crippen LogP contribution in [0.5, 0.6) is 0 Å². The number of halogens is 1. The van der Waals surface area contributed by atoms with Gasteiger partial charge < -0.3 is 10.6 Å². The van der Waals surface area contributed by atoms with Crippen molar-refractivity contribution >= 4 is 41.7 Å². The van der Waals surface area contributed by atoms with Crippen molar-refractivity contribution in [2.45, 2.75) is 32.1 Å². The summed E-state index contributed by atoms with van der Waals surface area (Å²) in [6.45, 7) is 8.59. The Kier molecular flexibility index (Phi) is 9.26. The molecule has 0 spiro atoms. The van der Waals surface area contributed by atoms with Crippen LogP contribution in [0, 0.1) is 0 Å². The maximum Gasteiger partial charge on any atom is 0.191 e. The highest BCUT2D eigenvalue weighted by atomic mass is 127. The monoisotopic (exact) mass is 474 g/mol. The molecule has 1 aromatic carbocycles. The summed E-state index contributed by atoms with van der Waals surface area (Å²) in [5.41, 5.74) is 1.04. The van der Waals surface area contributed by atoms with Crippen LogP contribution in [-0.2, 0) is 6.54 Å². The number of benzene rings is 1. The molecule has 0 aliphatic heterocycles. The van der Waals surface area contributed by atoms with E-state index in [9.17, 15) is 0 Å². The van der Waals surface area contributed by atoms with Gasteiger partial charge in [0.05, 0.1) is 0 Å². The number of nitrogens with zero attached hydrogens (tertiary/aromatic N) is 4. The van der Waals surface area contributed by atoms with Crippen LogP contribution < -0.4 is 10.6 Å². The van der Waals surface area contributed by atoms with Gasteiger partial charge in [-0.1, -0.05) is 18.2 Å². The van der Waals surface area contributed by atoms with Gasteiger partial charge in [0, 0.05) is 23.5 Å². The summed E-state index contributed by atoms with van der Waals surface area (Å²) < 4.78 is 2.11. The molecular weight excluding hydrogens is 447 g/mol. The van der Waals surface area contributed by atoms with Gasteiger partial charge in [0.1, 0.15) is 12.9 Å². The third-order valence-corrected chi connectivity index (χ3v) is 4.86. The summed E-state index contributed by atoms with van der Waals surface area (Å²) in [5.74, 6) is 1.60. The summed E-state index contributed by atoms with van der Waals surface area (Å²) in [7, 11) is 0. The number of hydrogen-bond donors (Lipinski definition) is 2. The summed E-state index contributed by atoms with van der Waals surface area (Å²) in [5, 5.41) is 14.9. The third kappa shape index (κ3) is 6.85. The lowest BCUT2D eigenvalue weighted by atomic mass is 10.2. The minimum absolute atomic E-state index is 0. The Morgan fingerprint density at radius 1 is 1.24 bits per heavy atom. The van der Waals surface area contributed by atoms with E-state index in [1.54, 1.807) is 6.33 Å². The Morgan fingerprint density at radius 3 is 2.60 bits per heavy atom. The fraction of sp³-hybridized carbons (Fsp3) is 0.471. The van der Waals surface area contributed by atoms with Gasteiger partial charge in [-0.3, -0.25) is 4.57 Å². The lowest BCUT2D eigenvalue weighted by Crippen LogP contribution is -2.43. The van der Waals surface area contributed by atoms with Crippen molar-refractivity contribution in [3.05, 3.63) is 42.5 Å². The zero-order valence-corrected chi connectivity index (χ0v) is 18.3. The molecule has 2 N–H and O–H groups in total. The van der Waals surface area contributed by atoms with E-state index in [4.69, 9.17) is 0 Å². The molecule has 0 amide bonds. The van der Waals surface area contributed by atoms with Crippen molar-refractivity contribution in [3.8, 4) is 5.69 Å². The minimum Gasteiger partial charge on any atom is -0.357 e. The molecule has 2 aromatic rings. The number of aromatic nitrogens is 3. The van der Waals surface area contributed by atoms with Gasteiger partial charge in [0.15, 0.2) is 11.8 Å². The number of thioether (sulfide) groups is 1. The number of para-hydroxylation sites is 1. The molecule has 6 nitrogen and oxygen atoms in total. The lowest BCUT2D eigenvalue weighted by Gasteiger charge is -2.23. The van der Waals surface area contributed by atoms with Gasteiger partial charge in [-0.2, -0.15) is 11.8 Å². The Bertz CT molecular complexity index is 656. The van der Waals surface area contributed by atoms with Crippen LogP contribution in [0.2, 0.25) is 0 Å². The van der Waals surface area contributed by atoms with Crippen molar-refractivity contribution < 1.29 is 0 Å². The van der Waals surface area contributed by atoms with E-state index in [1.165, 1.54) is 0 Å². The Morgan fingerprint density at radius 2 is 1.96 bits per heavy atom. The molecule has 0 saturated heterocycles. The Balaban J connectivity index is 0.00000312. The average Bonchev–Trinajstić information content (AvgIpc) is 3.07. The van der Waals surface area contributed by atoms with E-state index in [2.05, 4.69) is 52.9 Å². The molecule has 0 bridgehead atoms. The Hall–Kier alpha value is -1.29. The summed E-state index contributed by atoms with van der Waals surface area (Å²) in [6, 6.07) is 10.0. The van der Waals surface area contributed by atoms with Crippen LogP contribution in [0.1, 0.15) is 26.6 Å². The highest BCUT2D eigenvalue weighted by Gasteiger charge is 2.16. The van der Waals surface area contributed by atoms with Crippen molar-refractivity contribution in [3.63, 3.8) is 0 Å². The summed E-state index contributed by atoms with van der Waals surface area (Å²) in [4.78, 5) is 4.64. The number of aliphatic imine (C=N–C) groups is 1. The molecule has 0 fully saturated rings. The highest BCUT2D eigenvalue weighted by molar-refractivity contribution is 14.0. The number of hydrogen-bond acceptors (Lipinski definition) is 4. The smallest absolute Gasteiger partial charge is 0.191 e. The maximum absolute atomic E-state index is 4.64. The largest absolute Gasteiger partial charge is 0.357 e. The molecule has 0 aliphatic rings. The summed E-state index contributed by atoms with van der Waals surface area (Å²) in [6.07, 6.45) is 3.84. The van der Waals surface area contributed by atoms with Crippen molar-refractivity contribution in [1.29, 1.82) is 0 Å². The summed E-state index contributed by atoms with van der Waals surface area (Å²) >= 11 is 1.83. The first-order chi connectivity index (χ1) is 11.6. The predicted octanol–water partition coefficient (Wildman–Crippen LogP) is 3.08. The standard InChI is InChI=1S/C17H26N6S.HI/c1-5-18-16(20-12-17(2,3)24-4)19-11-15-22-21-13-23(15)14-9-7-6-8-10-14;/h6-10,13H,5,11-12H2,1-4H3,(H2,18,19,20);1H. The van der Waals surface area contributed by atoms with E-state index in [1.807, 2.05) is 46.7 Å². The highest BCUT2D eigenvalue weighted by Crippen LogP contribution is 2.19. The quantitative estimate of drug-likeness (QED) is 0.367. The first-order valence-electron chi connectivity index (χ1n) is 8.07. The fourth-order valence-corrected chi connectivity index (χ4v) is 2.25. The molecule has 0 atom stereocenters. The molecule has 1 heterocycles. The van der Waals surface area contributed by atoms with Gasteiger partial charge >= 0.3 is 0 Å². The second kappa shape index (κ2) is 10.6. The zero-order valence-electron chi connectivity index (χ0n) is 15.2. The third-order valence-electron chi connectivity index (χ3n) is 3.61. The van der Waals surface area contributed by atoms with Crippen LogP contribution in [0.3, 0.4) is 0 Å². The fourth-order valence-electron chi connectivity index (χ4n) is 2.03. The van der Waals surface area contributed by atoms with Gasteiger partial charge in [-0.25, -0.2) is 4.99 Å². The number of rotatable bonds is 7. The van der Waals surface area contributed by atoms with Gasteiger partial charge in [0.25, 0.3) is 0 Å². The molecule has 8 heteroatoms. The van der Waals surface area contributed by atoms with E-state index in [0.717, 1.165) is 30.6 Å². The van der Waals surface area contributed by atoms with E-state index in [-0.39, 0.29) is 28.7 Å². The van der Waals surface area contributed by atoms with Crippen LogP contribution >= 0.6 is 35.7 Å². The van der Waals surface area contributed by atoms with E-state index in [0.29, 0.717) is 6.54 Å². The van der Waals surface area contributed by atoms with Crippen LogP contribution in [0.15, 0.2) is 41.7 Å². The number of nitrogens with one attached hydrogen (secondary N) is 2. The first-order valence-corrected chi connectivity index (χ1v) is 9.30. The van der Waals surface area contributed by atoms with Crippen LogP contribution in [0.25, 0.3) is 5.69 Å². The molecule has 1 aromatic heterocycles. The minimum atomic E-state index is 0. The normalized spacial score (nSPS) is 11.8. The SMILES string of the molecule is CCNC(=NCc1nncn1-c1ccccc1)NCC(C)(C)SC.I. The molecule has 25 heavy (non-hydrogen) atoms. The second-order valence-corrected chi connectivity index (χ2v) is 7.48. The molecule has 2 rings (SSSR count). The predicted molar refractivity (Wildman–Crippen MR) is 117 cm³/mol. The maximum atomic E-state index is 4.64. The second-order valence-electron chi connectivity index (χ2n) is 5.97. The van der Waals surface area contributed by atoms with Gasteiger partial charge in [0.2, 0.25) is 0 Å².